The minimum Gasteiger partial charge on any atom is -0.423 e. The predicted molar refractivity (Wildman–Crippen MR) is 94.1 cm³/mol. The van der Waals surface area contributed by atoms with Gasteiger partial charge in [-0.25, -0.2) is 4.79 Å². The van der Waals surface area contributed by atoms with Crippen LogP contribution in [0.1, 0.15) is 34.8 Å². The summed E-state index contributed by atoms with van der Waals surface area (Å²) in [4.78, 5) is 23.9. The molecule has 2 aromatic carbocycles. The number of fused-ring (bicyclic) bond motifs is 1. The number of carbonyl (C=O) groups excluding carboxylic acids is 1. The van der Waals surface area contributed by atoms with Crippen molar-refractivity contribution >= 4 is 16.9 Å². The summed E-state index contributed by atoms with van der Waals surface area (Å²) in [6.07, 6.45) is 2.01. The Hall–Kier alpha value is -2.88. The molecule has 0 saturated carbocycles. The van der Waals surface area contributed by atoms with E-state index in [9.17, 15) is 9.59 Å². The topological polar surface area (TPSA) is 59.3 Å². The average molecular weight is 321 g/mol. The summed E-state index contributed by atoms with van der Waals surface area (Å²) in [5.74, 6) is -0.165. The van der Waals surface area contributed by atoms with Crippen LogP contribution in [0, 0.1) is 0 Å². The van der Waals surface area contributed by atoms with Gasteiger partial charge >= 0.3 is 5.63 Å². The van der Waals surface area contributed by atoms with Crippen molar-refractivity contribution in [1.82, 2.24) is 5.32 Å². The van der Waals surface area contributed by atoms with Gasteiger partial charge in [0.2, 0.25) is 0 Å². The van der Waals surface area contributed by atoms with Crippen LogP contribution in [-0.4, -0.2) is 5.91 Å². The van der Waals surface area contributed by atoms with E-state index in [1.54, 1.807) is 12.1 Å². The molecule has 1 N–H and O–H groups in total. The number of benzene rings is 2. The molecule has 0 aliphatic rings. The first-order chi connectivity index (χ1) is 11.7. The summed E-state index contributed by atoms with van der Waals surface area (Å²) in [7, 11) is 0. The quantitative estimate of drug-likeness (QED) is 0.729. The van der Waals surface area contributed by atoms with Crippen LogP contribution >= 0.6 is 0 Å². The molecule has 0 atom stereocenters. The van der Waals surface area contributed by atoms with Gasteiger partial charge in [-0.3, -0.25) is 4.79 Å². The van der Waals surface area contributed by atoms with Crippen LogP contribution in [0.3, 0.4) is 0 Å². The highest BCUT2D eigenvalue weighted by Gasteiger charge is 2.09. The lowest BCUT2D eigenvalue weighted by molar-refractivity contribution is 0.0951. The SMILES string of the molecule is CCCc1ccc2oc(=O)cc(CNC(=O)c3ccccc3)c2c1. The molecule has 0 aliphatic heterocycles. The van der Waals surface area contributed by atoms with Crippen molar-refractivity contribution in [3.8, 4) is 0 Å². The molecule has 3 rings (SSSR count). The van der Waals surface area contributed by atoms with Gasteiger partial charge in [0.15, 0.2) is 0 Å². The third kappa shape index (κ3) is 3.54. The molecular formula is C20H19NO3. The van der Waals surface area contributed by atoms with Gasteiger partial charge in [-0.1, -0.05) is 37.6 Å². The summed E-state index contributed by atoms with van der Waals surface area (Å²) < 4.78 is 5.26. The molecule has 0 saturated heterocycles. The second-order valence-electron chi connectivity index (χ2n) is 5.72. The fourth-order valence-corrected chi connectivity index (χ4v) is 2.73. The molecule has 122 valence electrons. The van der Waals surface area contributed by atoms with Crippen LogP contribution in [-0.2, 0) is 13.0 Å². The lowest BCUT2D eigenvalue weighted by atomic mass is 10.0. The number of nitrogens with one attached hydrogen (secondary N) is 1. The summed E-state index contributed by atoms with van der Waals surface area (Å²) in [5, 5.41) is 3.74. The number of carbonyl (C=O) groups is 1. The number of rotatable bonds is 5. The Morgan fingerprint density at radius 1 is 1.08 bits per heavy atom. The van der Waals surface area contributed by atoms with Crippen LogP contribution in [0.5, 0.6) is 0 Å². The summed E-state index contributed by atoms with van der Waals surface area (Å²) >= 11 is 0. The summed E-state index contributed by atoms with van der Waals surface area (Å²) in [5.41, 5.74) is 2.69. The Kier molecular flexibility index (Phi) is 4.75. The zero-order chi connectivity index (χ0) is 16.9. The molecule has 1 heterocycles. The van der Waals surface area contributed by atoms with E-state index < -0.39 is 5.63 Å². The van der Waals surface area contributed by atoms with Gasteiger partial charge in [0.05, 0.1) is 0 Å². The highest BCUT2D eigenvalue weighted by atomic mass is 16.4. The maximum atomic E-state index is 12.2. The zero-order valence-corrected chi connectivity index (χ0v) is 13.5. The largest absolute Gasteiger partial charge is 0.423 e. The third-order valence-electron chi connectivity index (χ3n) is 3.91. The van der Waals surface area contributed by atoms with Gasteiger partial charge < -0.3 is 9.73 Å². The summed E-state index contributed by atoms with van der Waals surface area (Å²) in [6.45, 7) is 2.40. The van der Waals surface area contributed by atoms with Crippen LogP contribution in [0.4, 0.5) is 0 Å². The van der Waals surface area contributed by atoms with Gasteiger partial charge in [-0.15, -0.1) is 0 Å². The molecule has 1 aromatic heterocycles. The lowest BCUT2D eigenvalue weighted by Crippen LogP contribution is -2.23. The van der Waals surface area contributed by atoms with Crippen LogP contribution < -0.4 is 10.9 Å². The second kappa shape index (κ2) is 7.13. The Morgan fingerprint density at radius 2 is 1.88 bits per heavy atom. The smallest absolute Gasteiger partial charge is 0.336 e. The van der Waals surface area contributed by atoms with Crippen molar-refractivity contribution in [2.24, 2.45) is 0 Å². The fraction of sp³-hybridized carbons (Fsp3) is 0.200. The van der Waals surface area contributed by atoms with Crippen molar-refractivity contribution in [1.29, 1.82) is 0 Å². The van der Waals surface area contributed by atoms with E-state index >= 15 is 0 Å². The Bertz CT molecular complexity index is 913. The standard InChI is InChI=1S/C20H19NO3/c1-2-6-14-9-10-18-17(11-14)16(12-19(22)24-18)13-21-20(23)15-7-4-3-5-8-15/h3-5,7-12H,2,6,13H2,1H3,(H,21,23). The number of hydrogen-bond acceptors (Lipinski definition) is 3. The van der Waals surface area contributed by atoms with Crippen molar-refractivity contribution in [3.63, 3.8) is 0 Å². The van der Waals surface area contributed by atoms with Crippen LogP contribution in [0.2, 0.25) is 0 Å². The van der Waals surface area contributed by atoms with E-state index in [0.717, 1.165) is 23.8 Å². The molecule has 24 heavy (non-hydrogen) atoms. The van der Waals surface area contributed by atoms with E-state index in [4.69, 9.17) is 4.42 Å². The normalized spacial score (nSPS) is 10.7. The van der Waals surface area contributed by atoms with Gasteiger partial charge in [0, 0.05) is 23.6 Å². The monoisotopic (exact) mass is 321 g/mol. The van der Waals surface area contributed by atoms with E-state index in [1.165, 1.54) is 11.6 Å². The maximum absolute atomic E-state index is 12.2. The Balaban J connectivity index is 1.89. The zero-order valence-electron chi connectivity index (χ0n) is 13.5. The second-order valence-corrected chi connectivity index (χ2v) is 5.72. The minimum atomic E-state index is -0.408. The first-order valence-electron chi connectivity index (χ1n) is 8.06. The molecule has 1 amide bonds. The first-order valence-corrected chi connectivity index (χ1v) is 8.06. The predicted octanol–water partition coefficient (Wildman–Crippen LogP) is 3.68. The van der Waals surface area contributed by atoms with E-state index in [2.05, 4.69) is 12.2 Å². The molecule has 0 spiro atoms. The molecule has 4 heteroatoms. The molecule has 4 nitrogen and oxygen atoms in total. The third-order valence-corrected chi connectivity index (χ3v) is 3.91. The van der Waals surface area contributed by atoms with Crippen molar-refractivity contribution in [3.05, 3.63) is 81.7 Å². The van der Waals surface area contributed by atoms with Crippen molar-refractivity contribution < 1.29 is 9.21 Å². The molecular weight excluding hydrogens is 302 g/mol. The number of amides is 1. The highest BCUT2D eigenvalue weighted by Crippen LogP contribution is 2.20. The molecule has 0 radical (unpaired) electrons. The van der Waals surface area contributed by atoms with Gasteiger partial charge in [0.1, 0.15) is 5.58 Å². The van der Waals surface area contributed by atoms with Crippen LogP contribution in [0.25, 0.3) is 11.0 Å². The van der Waals surface area contributed by atoms with Crippen molar-refractivity contribution in [2.45, 2.75) is 26.3 Å². The highest BCUT2D eigenvalue weighted by molar-refractivity contribution is 5.94. The Labute approximate surface area is 140 Å². The number of hydrogen-bond donors (Lipinski definition) is 1. The molecule has 3 aromatic rings. The lowest BCUT2D eigenvalue weighted by Gasteiger charge is -2.09. The molecule has 0 unspecified atom stereocenters. The van der Waals surface area contributed by atoms with Crippen molar-refractivity contribution in [2.75, 3.05) is 0 Å². The minimum absolute atomic E-state index is 0.165. The van der Waals surface area contributed by atoms with Gasteiger partial charge in [0.25, 0.3) is 5.91 Å². The summed E-state index contributed by atoms with van der Waals surface area (Å²) in [6, 6.07) is 16.3. The molecule has 0 fully saturated rings. The van der Waals surface area contributed by atoms with Crippen LogP contribution in [0.15, 0.2) is 63.8 Å². The maximum Gasteiger partial charge on any atom is 0.336 e. The first kappa shape index (κ1) is 16.0. The van der Waals surface area contributed by atoms with Gasteiger partial charge in [-0.05, 0) is 41.8 Å². The molecule has 0 bridgehead atoms. The number of aryl methyl sites for hydroxylation is 1. The Morgan fingerprint density at radius 3 is 2.62 bits per heavy atom. The van der Waals surface area contributed by atoms with E-state index in [-0.39, 0.29) is 12.5 Å². The van der Waals surface area contributed by atoms with Gasteiger partial charge in [-0.2, -0.15) is 0 Å². The van der Waals surface area contributed by atoms with E-state index in [0.29, 0.717) is 11.1 Å². The molecule has 0 aliphatic carbocycles. The van der Waals surface area contributed by atoms with E-state index in [1.807, 2.05) is 36.4 Å². The average Bonchev–Trinajstić information content (AvgIpc) is 2.60. The fourth-order valence-electron chi connectivity index (χ4n) is 2.73.